The highest BCUT2D eigenvalue weighted by molar-refractivity contribution is 6.30. The van der Waals surface area contributed by atoms with Crippen LogP contribution in [0.15, 0.2) is 155 Å². The molecule has 0 aliphatic carbocycles. The van der Waals surface area contributed by atoms with Crippen molar-refractivity contribution in [3.8, 4) is 11.5 Å². The summed E-state index contributed by atoms with van der Waals surface area (Å²) in [6, 6.07) is 43.2. The predicted molar refractivity (Wildman–Crippen MR) is 262 cm³/mol. The van der Waals surface area contributed by atoms with Gasteiger partial charge in [-0.3, -0.25) is 14.7 Å². The molecule has 4 N–H and O–H groups in total. The second kappa shape index (κ2) is 22.5. The number of halogens is 2. The van der Waals surface area contributed by atoms with Gasteiger partial charge >= 0.3 is 23.1 Å². The molecule has 4 aromatic heterocycles. The van der Waals surface area contributed by atoms with Crippen LogP contribution in [0, 0.1) is 12.7 Å². The Hall–Kier alpha value is -8.23. The number of fused-ring (bicyclic) bond motifs is 1. The summed E-state index contributed by atoms with van der Waals surface area (Å²) in [5, 5.41) is 22.9. The fourth-order valence-electron chi connectivity index (χ4n) is 7.73. The second-order valence-electron chi connectivity index (χ2n) is 16.5. The number of hydrogen-bond acceptors (Lipinski definition) is 9. The number of ether oxygens (including phenoxy) is 2. The molecule has 0 atom stereocenters. The van der Waals surface area contributed by atoms with E-state index >= 15 is 0 Å². The van der Waals surface area contributed by atoms with Crippen molar-refractivity contribution in [2.24, 2.45) is 0 Å². The van der Waals surface area contributed by atoms with Gasteiger partial charge < -0.3 is 14.5 Å². The van der Waals surface area contributed by atoms with Crippen molar-refractivity contribution in [2.45, 2.75) is 58.3 Å². The molecule has 4 heterocycles. The minimum atomic E-state index is -0.691. The number of carbonyl (C=O) groups excluding carboxylic acids is 2. The van der Waals surface area contributed by atoms with E-state index in [2.05, 4.69) is 72.0 Å². The Bertz CT molecular complexity index is 3300. The van der Waals surface area contributed by atoms with Crippen LogP contribution in [-0.4, -0.2) is 47.5 Å². The molecule has 0 fully saturated rings. The van der Waals surface area contributed by atoms with Crippen molar-refractivity contribution in [1.82, 2.24) is 35.6 Å². The normalized spacial score (nSPS) is 10.9. The average Bonchev–Trinajstić information content (AvgIpc) is 4.05. The molecule has 0 aliphatic heterocycles. The van der Waals surface area contributed by atoms with E-state index in [0.29, 0.717) is 42.1 Å². The zero-order valence-corrected chi connectivity index (χ0v) is 38.3. The molecule has 0 aliphatic rings. The highest BCUT2D eigenvalue weighted by atomic mass is 35.5. The maximum atomic E-state index is 13.6. The Kier molecular flexibility index (Phi) is 15.4. The van der Waals surface area contributed by atoms with Crippen molar-refractivity contribution in [3.05, 3.63) is 239 Å². The van der Waals surface area contributed by atoms with Crippen LogP contribution in [0.1, 0.15) is 71.4 Å². The van der Waals surface area contributed by atoms with Crippen LogP contribution in [0.2, 0.25) is 5.02 Å². The van der Waals surface area contributed by atoms with Gasteiger partial charge in [-0.1, -0.05) is 103 Å². The monoisotopic (exact) mass is 943 g/mol. The topological polar surface area (TPSA) is 189 Å². The lowest BCUT2D eigenvalue weighted by Crippen LogP contribution is -2.19. The van der Waals surface area contributed by atoms with Gasteiger partial charge in [0.2, 0.25) is 0 Å². The zero-order valence-electron chi connectivity index (χ0n) is 37.6. The van der Waals surface area contributed by atoms with Crippen molar-refractivity contribution in [2.75, 3.05) is 0 Å². The number of H-pyrrole nitrogens is 4. The van der Waals surface area contributed by atoms with E-state index < -0.39 is 23.1 Å². The molecule has 0 saturated carbocycles. The molecule has 9 aromatic rings. The van der Waals surface area contributed by atoms with Crippen molar-refractivity contribution in [3.63, 3.8) is 0 Å². The van der Waals surface area contributed by atoms with Crippen LogP contribution in [0.3, 0.4) is 0 Å². The van der Waals surface area contributed by atoms with Crippen LogP contribution < -0.4 is 20.6 Å². The minimum Gasteiger partial charge on any atom is -0.416 e. The quantitative estimate of drug-likeness (QED) is 0.0684. The number of nitrogens with one attached hydrogen (secondary N) is 4. The number of aromatic nitrogens is 7. The smallest absolute Gasteiger partial charge is 0.364 e. The van der Waals surface area contributed by atoms with Crippen molar-refractivity contribution in [1.29, 1.82) is 0 Å². The third-order valence-electron chi connectivity index (χ3n) is 11.3. The summed E-state index contributed by atoms with van der Waals surface area (Å²) >= 11 is 5.91. The number of aryl methyl sites for hydroxylation is 9. The first-order chi connectivity index (χ1) is 33.5. The summed E-state index contributed by atoms with van der Waals surface area (Å²) in [6.07, 6.45) is 7.09. The molecule has 0 bridgehead atoms. The Morgan fingerprint density at radius 3 is 1.93 bits per heavy atom. The van der Waals surface area contributed by atoms with Gasteiger partial charge in [-0.25, -0.2) is 24.2 Å². The van der Waals surface area contributed by atoms with Crippen LogP contribution >= 0.6 is 11.6 Å². The summed E-state index contributed by atoms with van der Waals surface area (Å²) in [4.78, 5) is 52.4. The lowest BCUT2D eigenvalue weighted by Gasteiger charge is -2.07. The van der Waals surface area contributed by atoms with Gasteiger partial charge in [0.15, 0.2) is 17.2 Å². The summed E-state index contributed by atoms with van der Waals surface area (Å²) in [5.41, 5.74) is 7.31. The molecule has 0 saturated heterocycles. The average molecular weight is 944 g/mol. The van der Waals surface area contributed by atoms with Gasteiger partial charge in [0, 0.05) is 29.0 Å². The van der Waals surface area contributed by atoms with Gasteiger partial charge in [0.25, 0.3) is 0 Å². The highest BCUT2D eigenvalue weighted by Gasteiger charge is 2.18. The van der Waals surface area contributed by atoms with E-state index in [1.165, 1.54) is 46.2 Å². The van der Waals surface area contributed by atoms with Gasteiger partial charge in [-0.05, 0) is 139 Å². The van der Waals surface area contributed by atoms with Crippen LogP contribution in [0.5, 0.6) is 11.5 Å². The molecule has 9 rings (SSSR count). The van der Waals surface area contributed by atoms with Crippen molar-refractivity contribution < 1.29 is 23.5 Å². The fourth-order valence-corrected chi connectivity index (χ4v) is 7.86. The summed E-state index contributed by atoms with van der Waals surface area (Å²) in [5.74, 6) is -1.88. The third-order valence-corrected chi connectivity index (χ3v) is 11.5. The molecule has 0 spiro atoms. The molecule has 69 heavy (non-hydrogen) atoms. The van der Waals surface area contributed by atoms with Gasteiger partial charge in [0.1, 0.15) is 11.5 Å². The molecule has 5 aromatic carbocycles. The molecule has 15 heteroatoms. The minimum absolute atomic E-state index is 0.0910. The van der Waals surface area contributed by atoms with E-state index in [1.807, 2.05) is 73.7 Å². The maximum absolute atomic E-state index is 13.6. The second-order valence-corrected chi connectivity index (χ2v) is 16.9. The lowest BCUT2D eigenvalue weighted by molar-refractivity contribution is 0.0716. The zero-order chi connectivity index (χ0) is 48.1. The van der Waals surface area contributed by atoms with E-state index in [9.17, 15) is 23.6 Å². The molecule has 0 amide bonds. The SMILES string of the molecule is Cc1cc(F)cc(CCc2cc(OC(=O)c3cc(CCc4ccc(Cl)cc4)c[nH]3)c(=O)[nH]n2)c1.O=C(Oc1cc(CCc2cccc3ccccc23)n[nH]c1=O)c1cc(CCc2ccccc2)[nH]n1. The number of hydrogen-bond donors (Lipinski definition) is 4. The Labute approximate surface area is 400 Å². The van der Waals surface area contributed by atoms with E-state index in [-0.39, 0.29) is 28.7 Å². The first-order valence-corrected chi connectivity index (χ1v) is 22.7. The molecule has 0 unspecified atom stereocenters. The Morgan fingerprint density at radius 1 is 0.565 bits per heavy atom. The molecule has 348 valence electrons. The number of nitrogens with zero attached hydrogens (tertiary/aromatic N) is 3. The third kappa shape index (κ3) is 13.2. The number of esters is 2. The Morgan fingerprint density at radius 2 is 1.19 bits per heavy atom. The highest BCUT2D eigenvalue weighted by Crippen LogP contribution is 2.21. The van der Waals surface area contributed by atoms with E-state index in [1.54, 1.807) is 18.3 Å². The molecule has 13 nitrogen and oxygen atoms in total. The largest absolute Gasteiger partial charge is 0.416 e. The molecular formula is C54H47ClFN7O6. The van der Waals surface area contributed by atoms with Gasteiger partial charge in [-0.15, -0.1) is 0 Å². The van der Waals surface area contributed by atoms with E-state index in [4.69, 9.17) is 21.1 Å². The standard InChI is InChI=1S/C28H24N4O3.C26H23ClFN3O3/c33-27-26(35-28(34)25-17-22(29-31-25)15-13-19-7-2-1-3-8-19)18-23(30-32-27)16-14-21-11-6-10-20-9-4-5-12-24(20)21;1-16-10-18(12-21(28)11-16)6-9-22-14-24(25(32)31-30-22)34-26(33)23-13-19(15-29-23)3-2-17-4-7-20(27)8-5-17/h1-12,17-18H,13-16H2,(H,29,31)(H,32,33);4-5,7-8,10-15,29H,2-3,6,9H2,1H3,(H,31,32). The van der Waals surface area contributed by atoms with Crippen molar-refractivity contribution >= 4 is 34.3 Å². The van der Waals surface area contributed by atoms with Crippen LogP contribution in [-0.2, 0) is 51.4 Å². The number of aromatic amines is 4. The van der Waals surface area contributed by atoms with E-state index in [0.717, 1.165) is 53.6 Å². The fraction of sp³-hybridized carbons (Fsp3) is 0.167. The maximum Gasteiger partial charge on any atom is 0.364 e. The first-order valence-electron chi connectivity index (χ1n) is 22.4. The summed E-state index contributed by atoms with van der Waals surface area (Å²) in [7, 11) is 0. The number of carbonyl (C=O) groups is 2. The first kappa shape index (κ1) is 47.3. The van der Waals surface area contributed by atoms with Crippen LogP contribution in [0.25, 0.3) is 10.8 Å². The lowest BCUT2D eigenvalue weighted by atomic mass is 10.0. The molecular weight excluding hydrogens is 897 g/mol. The van der Waals surface area contributed by atoms with Gasteiger partial charge in [-0.2, -0.15) is 15.3 Å². The Balaban J connectivity index is 0.000000186. The summed E-state index contributed by atoms with van der Waals surface area (Å²) in [6.45, 7) is 1.83. The number of rotatable bonds is 16. The predicted octanol–water partition coefficient (Wildman–Crippen LogP) is 9.42. The summed E-state index contributed by atoms with van der Waals surface area (Å²) < 4.78 is 24.3. The van der Waals surface area contributed by atoms with Crippen LogP contribution in [0.4, 0.5) is 4.39 Å². The molecule has 0 radical (unpaired) electrons. The number of benzene rings is 5. The van der Waals surface area contributed by atoms with Gasteiger partial charge in [0.05, 0.1) is 11.4 Å².